The number of halogens is 2. The van der Waals surface area contributed by atoms with Crippen LogP contribution >= 0.6 is 15.9 Å². The number of carbonyl (C=O) groups is 2. The molecule has 44 heavy (non-hydrogen) atoms. The summed E-state index contributed by atoms with van der Waals surface area (Å²) in [7, 11) is -4.25. The summed E-state index contributed by atoms with van der Waals surface area (Å²) in [6, 6.07) is 28.3. The maximum atomic E-state index is 14.4. The summed E-state index contributed by atoms with van der Waals surface area (Å²) < 4.78 is 43.5. The zero-order valence-corrected chi connectivity index (χ0v) is 27.0. The van der Waals surface area contributed by atoms with Gasteiger partial charge in [0.2, 0.25) is 11.8 Å². The van der Waals surface area contributed by atoms with Gasteiger partial charge in [0.25, 0.3) is 10.0 Å². The van der Waals surface area contributed by atoms with Crippen LogP contribution in [-0.2, 0) is 32.6 Å². The summed E-state index contributed by atoms with van der Waals surface area (Å²) >= 11 is 3.48. The molecule has 0 aliphatic rings. The predicted molar refractivity (Wildman–Crippen MR) is 174 cm³/mol. The Morgan fingerprint density at radius 3 is 2.09 bits per heavy atom. The Morgan fingerprint density at radius 2 is 1.48 bits per heavy atom. The Kier molecular flexibility index (Phi) is 11.3. The van der Waals surface area contributed by atoms with E-state index in [1.54, 1.807) is 18.2 Å². The quantitative estimate of drug-likeness (QED) is 0.179. The van der Waals surface area contributed by atoms with E-state index < -0.39 is 34.3 Å². The highest BCUT2D eigenvalue weighted by Gasteiger charge is 2.35. The number of anilines is 1. The SMILES string of the molecule is CC[C@H](C)NC(=O)[C@H](Cc1ccccc1)N(Cc1cccc(Br)c1)C(=O)CN(c1ccc(F)cc1)S(=O)(=O)c1ccccc1. The number of nitrogens with zero attached hydrogens (tertiary/aromatic N) is 2. The Morgan fingerprint density at radius 1 is 0.864 bits per heavy atom. The fourth-order valence-electron chi connectivity index (χ4n) is 4.68. The van der Waals surface area contributed by atoms with Crippen molar-refractivity contribution in [1.82, 2.24) is 10.2 Å². The molecule has 0 saturated carbocycles. The van der Waals surface area contributed by atoms with Crippen LogP contribution in [0.5, 0.6) is 0 Å². The van der Waals surface area contributed by atoms with Gasteiger partial charge in [-0.1, -0.05) is 83.5 Å². The van der Waals surface area contributed by atoms with Gasteiger partial charge >= 0.3 is 0 Å². The van der Waals surface area contributed by atoms with Gasteiger partial charge in [0.15, 0.2) is 0 Å². The number of sulfonamides is 1. The van der Waals surface area contributed by atoms with Crippen LogP contribution < -0.4 is 9.62 Å². The normalized spacial score (nSPS) is 12.6. The summed E-state index contributed by atoms with van der Waals surface area (Å²) in [5.41, 5.74) is 1.71. The molecule has 0 aliphatic carbocycles. The summed E-state index contributed by atoms with van der Waals surface area (Å²) in [4.78, 5) is 29.7. The highest BCUT2D eigenvalue weighted by molar-refractivity contribution is 9.10. The summed E-state index contributed by atoms with van der Waals surface area (Å²) in [5.74, 6) is -1.47. The Hall–Kier alpha value is -4.02. The largest absolute Gasteiger partial charge is 0.352 e. The number of carbonyl (C=O) groups excluding carboxylic acids is 2. The topological polar surface area (TPSA) is 86.8 Å². The van der Waals surface area contributed by atoms with Crippen LogP contribution in [0.15, 0.2) is 119 Å². The predicted octanol–water partition coefficient (Wildman–Crippen LogP) is 6.34. The molecule has 2 amide bonds. The first kappa shape index (κ1) is 32.9. The smallest absolute Gasteiger partial charge is 0.264 e. The molecule has 4 aromatic carbocycles. The van der Waals surface area contributed by atoms with Crippen LogP contribution in [-0.4, -0.2) is 43.8 Å². The molecule has 2 atom stereocenters. The molecule has 7 nitrogen and oxygen atoms in total. The zero-order chi connectivity index (χ0) is 31.7. The third-order valence-electron chi connectivity index (χ3n) is 7.24. The van der Waals surface area contributed by atoms with Crippen molar-refractivity contribution in [2.24, 2.45) is 0 Å². The Labute approximate surface area is 266 Å². The average Bonchev–Trinajstić information content (AvgIpc) is 3.02. The lowest BCUT2D eigenvalue weighted by molar-refractivity contribution is -0.140. The lowest BCUT2D eigenvalue weighted by Crippen LogP contribution is -2.54. The van der Waals surface area contributed by atoms with E-state index in [0.717, 1.165) is 32.0 Å². The van der Waals surface area contributed by atoms with Gasteiger partial charge in [0, 0.05) is 23.5 Å². The first-order valence-electron chi connectivity index (χ1n) is 14.3. The van der Waals surface area contributed by atoms with Crippen LogP contribution in [0.2, 0.25) is 0 Å². The van der Waals surface area contributed by atoms with Gasteiger partial charge < -0.3 is 10.2 Å². The number of rotatable bonds is 13. The summed E-state index contributed by atoms with van der Waals surface area (Å²) in [6.07, 6.45) is 0.905. The molecule has 4 rings (SSSR count). The van der Waals surface area contributed by atoms with Crippen molar-refractivity contribution in [2.45, 2.75) is 50.2 Å². The molecular weight excluding hydrogens is 645 g/mol. The highest BCUT2D eigenvalue weighted by atomic mass is 79.9. The van der Waals surface area contributed by atoms with Crippen molar-refractivity contribution in [3.05, 3.63) is 131 Å². The van der Waals surface area contributed by atoms with E-state index in [1.807, 2.05) is 68.4 Å². The number of hydrogen-bond acceptors (Lipinski definition) is 4. The third kappa shape index (κ3) is 8.54. The molecule has 0 aliphatic heterocycles. The first-order chi connectivity index (χ1) is 21.1. The number of benzene rings is 4. The van der Waals surface area contributed by atoms with E-state index in [1.165, 1.54) is 29.2 Å². The van der Waals surface area contributed by atoms with E-state index in [4.69, 9.17) is 0 Å². The maximum absolute atomic E-state index is 14.4. The molecule has 0 spiro atoms. The lowest BCUT2D eigenvalue weighted by atomic mass is 10.0. The van der Waals surface area contributed by atoms with Gasteiger partial charge in [-0.3, -0.25) is 13.9 Å². The summed E-state index contributed by atoms with van der Waals surface area (Å²) in [5, 5.41) is 3.01. The molecule has 0 bridgehead atoms. The Bertz CT molecular complexity index is 1660. The third-order valence-corrected chi connectivity index (χ3v) is 9.52. The molecule has 230 valence electrons. The van der Waals surface area contributed by atoms with Gasteiger partial charge in [-0.25, -0.2) is 12.8 Å². The van der Waals surface area contributed by atoms with Crippen molar-refractivity contribution >= 4 is 43.5 Å². The van der Waals surface area contributed by atoms with E-state index in [2.05, 4.69) is 21.2 Å². The van der Waals surface area contributed by atoms with Gasteiger partial charge in [-0.15, -0.1) is 0 Å². The minimum absolute atomic E-state index is 0.0222. The van der Waals surface area contributed by atoms with Crippen LogP contribution in [0.4, 0.5) is 10.1 Å². The second-order valence-corrected chi connectivity index (χ2v) is 13.3. The van der Waals surface area contributed by atoms with Crippen molar-refractivity contribution in [3.63, 3.8) is 0 Å². The number of hydrogen-bond donors (Lipinski definition) is 1. The van der Waals surface area contributed by atoms with E-state index >= 15 is 0 Å². The molecule has 4 aromatic rings. The average molecular weight is 681 g/mol. The molecule has 0 heterocycles. The van der Waals surface area contributed by atoms with Gasteiger partial charge in [0.05, 0.1) is 10.6 Å². The molecule has 10 heteroatoms. The van der Waals surface area contributed by atoms with E-state index in [-0.39, 0.29) is 35.5 Å². The first-order valence-corrected chi connectivity index (χ1v) is 16.5. The second-order valence-electron chi connectivity index (χ2n) is 10.5. The molecule has 0 unspecified atom stereocenters. The van der Waals surface area contributed by atoms with Crippen LogP contribution in [0.1, 0.15) is 31.4 Å². The van der Waals surface area contributed by atoms with Gasteiger partial charge in [-0.05, 0) is 73.0 Å². The van der Waals surface area contributed by atoms with E-state index in [0.29, 0.717) is 6.42 Å². The Balaban J connectivity index is 1.80. The van der Waals surface area contributed by atoms with Gasteiger partial charge in [-0.2, -0.15) is 0 Å². The summed E-state index contributed by atoms with van der Waals surface area (Å²) in [6.45, 7) is 3.28. The number of nitrogens with one attached hydrogen (secondary N) is 1. The molecule has 0 aromatic heterocycles. The second kappa shape index (κ2) is 15.1. The van der Waals surface area contributed by atoms with E-state index in [9.17, 15) is 22.4 Å². The van der Waals surface area contributed by atoms with Crippen molar-refractivity contribution in [1.29, 1.82) is 0 Å². The molecule has 1 N–H and O–H groups in total. The lowest BCUT2D eigenvalue weighted by Gasteiger charge is -2.34. The molecule has 0 radical (unpaired) electrons. The fraction of sp³-hybridized carbons (Fsp3) is 0.235. The minimum Gasteiger partial charge on any atom is -0.352 e. The standard InChI is InChI=1S/C34H35BrFN3O4S/c1-3-25(2)37-34(41)32(22-26-11-6-4-7-12-26)38(23-27-13-10-14-28(35)21-27)33(40)24-39(30-19-17-29(36)18-20-30)44(42,43)31-15-8-5-9-16-31/h4-21,25,32H,3,22-24H2,1-2H3,(H,37,41)/t25-,32-/m0/s1. The zero-order valence-electron chi connectivity index (χ0n) is 24.6. The monoisotopic (exact) mass is 679 g/mol. The van der Waals surface area contributed by atoms with Crippen molar-refractivity contribution in [3.8, 4) is 0 Å². The van der Waals surface area contributed by atoms with Crippen LogP contribution in [0.3, 0.4) is 0 Å². The van der Waals surface area contributed by atoms with Crippen molar-refractivity contribution < 1.29 is 22.4 Å². The maximum Gasteiger partial charge on any atom is 0.264 e. The molecular formula is C34H35BrFN3O4S. The number of amides is 2. The minimum atomic E-state index is -4.25. The highest BCUT2D eigenvalue weighted by Crippen LogP contribution is 2.25. The van der Waals surface area contributed by atoms with Crippen LogP contribution in [0, 0.1) is 5.82 Å². The van der Waals surface area contributed by atoms with Gasteiger partial charge in [0.1, 0.15) is 18.4 Å². The van der Waals surface area contributed by atoms with Crippen LogP contribution in [0.25, 0.3) is 0 Å². The van der Waals surface area contributed by atoms with Crippen molar-refractivity contribution in [2.75, 3.05) is 10.8 Å². The fourth-order valence-corrected chi connectivity index (χ4v) is 6.56. The molecule has 0 saturated heterocycles. The molecule has 0 fully saturated rings.